The summed E-state index contributed by atoms with van der Waals surface area (Å²) < 4.78 is 5.54. The van der Waals surface area contributed by atoms with Gasteiger partial charge < -0.3 is 4.74 Å². The van der Waals surface area contributed by atoms with E-state index in [1.165, 1.54) is 0 Å². The SMILES string of the molecule is CCCOc1ccc2c(c1)C(=O)N(C1CCC(=O)CCCCC1=O)C2=O. The molecule has 1 aliphatic carbocycles. The second kappa shape index (κ2) is 7.81. The molecule has 0 bridgehead atoms. The molecule has 138 valence electrons. The Morgan fingerprint density at radius 2 is 1.73 bits per heavy atom. The van der Waals surface area contributed by atoms with Crippen molar-refractivity contribution in [2.45, 2.75) is 57.9 Å². The van der Waals surface area contributed by atoms with Gasteiger partial charge in [-0.15, -0.1) is 0 Å². The molecule has 6 nitrogen and oxygen atoms in total. The van der Waals surface area contributed by atoms with Gasteiger partial charge in [0.2, 0.25) is 0 Å². The third-order valence-corrected chi connectivity index (χ3v) is 4.87. The minimum absolute atomic E-state index is 0.0801. The first kappa shape index (κ1) is 18.3. The lowest BCUT2D eigenvalue weighted by atomic mass is 10.0. The fourth-order valence-electron chi connectivity index (χ4n) is 3.48. The van der Waals surface area contributed by atoms with Crippen molar-refractivity contribution in [2.24, 2.45) is 0 Å². The quantitative estimate of drug-likeness (QED) is 0.774. The van der Waals surface area contributed by atoms with E-state index in [9.17, 15) is 19.2 Å². The number of fused-ring (bicyclic) bond motifs is 1. The van der Waals surface area contributed by atoms with Crippen molar-refractivity contribution in [1.29, 1.82) is 0 Å². The number of carbonyl (C=O) groups excluding carboxylic acids is 4. The summed E-state index contributed by atoms with van der Waals surface area (Å²) in [7, 11) is 0. The van der Waals surface area contributed by atoms with Crippen LogP contribution in [0, 0.1) is 0 Å². The molecule has 1 atom stereocenters. The lowest BCUT2D eigenvalue weighted by molar-refractivity contribution is -0.123. The number of amides is 2. The molecule has 0 aromatic heterocycles. The molecule has 3 rings (SSSR count). The van der Waals surface area contributed by atoms with E-state index in [1.807, 2.05) is 6.92 Å². The van der Waals surface area contributed by atoms with Gasteiger partial charge in [-0.05, 0) is 43.9 Å². The van der Waals surface area contributed by atoms with Crippen molar-refractivity contribution in [3.8, 4) is 5.75 Å². The predicted octanol–water partition coefficient (Wildman–Crippen LogP) is 2.93. The van der Waals surface area contributed by atoms with Crippen LogP contribution in [0.3, 0.4) is 0 Å². The van der Waals surface area contributed by atoms with E-state index in [4.69, 9.17) is 4.74 Å². The highest BCUT2D eigenvalue weighted by Crippen LogP contribution is 2.30. The summed E-state index contributed by atoms with van der Waals surface area (Å²) in [5, 5.41) is 0. The molecule has 1 aromatic carbocycles. The molecule has 0 N–H and O–H groups in total. The number of nitrogens with zero attached hydrogens (tertiary/aromatic N) is 1. The van der Waals surface area contributed by atoms with Crippen LogP contribution >= 0.6 is 0 Å². The molecule has 0 spiro atoms. The molecule has 0 radical (unpaired) electrons. The summed E-state index contributed by atoms with van der Waals surface area (Å²) in [6.45, 7) is 2.50. The Morgan fingerprint density at radius 3 is 2.50 bits per heavy atom. The van der Waals surface area contributed by atoms with Crippen molar-refractivity contribution in [3.63, 3.8) is 0 Å². The van der Waals surface area contributed by atoms with Crippen LogP contribution < -0.4 is 4.74 Å². The molecule has 2 amide bonds. The number of imide groups is 1. The summed E-state index contributed by atoms with van der Waals surface area (Å²) in [6.07, 6.45) is 3.30. The third kappa shape index (κ3) is 3.54. The molecule has 1 aliphatic heterocycles. The van der Waals surface area contributed by atoms with Gasteiger partial charge in [-0.25, -0.2) is 0 Å². The molecule has 1 heterocycles. The van der Waals surface area contributed by atoms with Crippen LogP contribution in [0.2, 0.25) is 0 Å². The Balaban J connectivity index is 1.87. The zero-order chi connectivity index (χ0) is 18.7. The number of hydrogen-bond acceptors (Lipinski definition) is 5. The smallest absolute Gasteiger partial charge is 0.262 e. The maximum Gasteiger partial charge on any atom is 0.262 e. The van der Waals surface area contributed by atoms with Gasteiger partial charge in [0.25, 0.3) is 11.8 Å². The molecule has 26 heavy (non-hydrogen) atoms. The maximum absolute atomic E-state index is 12.9. The van der Waals surface area contributed by atoms with Crippen LogP contribution in [0.1, 0.15) is 72.6 Å². The normalized spacial score (nSPS) is 21.3. The van der Waals surface area contributed by atoms with E-state index < -0.39 is 17.9 Å². The van der Waals surface area contributed by atoms with Gasteiger partial charge in [0.05, 0.1) is 23.8 Å². The molecule has 2 aliphatic rings. The van der Waals surface area contributed by atoms with Gasteiger partial charge in [0.1, 0.15) is 11.5 Å². The third-order valence-electron chi connectivity index (χ3n) is 4.87. The number of rotatable bonds is 4. The average Bonchev–Trinajstić information content (AvgIpc) is 2.91. The summed E-state index contributed by atoms with van der Waals surface area (Å²) in [4.78, 5) is 51.1. The standard InChI is InChI=1S/C20H23NO5/c1-2-11-26-14-8-9-15-16(12-14)20(25)21(19(15)24)17-10-7-13(22)5-3-4-6-18(17)23/h8-9,12,17H,2-7,10-11H2,1H3. The molecular formula is C20H23NO5. The van der Waals surface area contributed by atoms with Crippen molar-refractivity contribution in [2.75, 3.05) is 6.61 Å². The van der Waals surface area contributed by atoms with E-state index in [-0.39, 0.29) is 42.0 Å². The van der Waals surface area contributed by atoms with Crippen molar-refractivity contribution in [3.05, 3.63) is 29.3 Å². The fourth-order valence-corrected chi connectivity index (χ4v) is 3.48. The van der Waals surface area contributed by atoms with Gasteiger partial charge >= 0.3 is 0 Å². The molecule has 1 fully saturated rings. The van der Waals surface area contributed by atoms with Gasteiger partial charge in [-0.1, -0.05) is 6.92 Å². The van der Waals surface area contributed by atoms with Crippen LogP contribution in [0.4, 0.5) is 0 Å². The number of carbonyl (C=O) groups is 4. The number of Topliss-reactive ketones (excluding diaryl/α,β-unsaturated/α-hetero) is 2. The van der Waals surface area contributed by atoms with Crippen molar-refractivity contribution >= 4 is 23.4 Å². The lowest BCUT2D eigenvalue weighted by Gasteiger charge is -2.24. The van der Waals surface area contributed by atoms with Crippen molar-refractivity contribution in [1.82, 2.24) is 4.90 Å². The highest BCUT2D eigenvalue weighted by Gasteiger charge is 2.42. The second-order valence-electron chi connectivity index (χ2n) is 6.80. The van der Waals surface area contributed by atoms with E-state index in [0.29, 0.717) is 31.6 Å². The Labute approximate surface area is 152 Å². The topological polar surface area (TPSA) is 80.8 Å². The molecule has 1 unspecified atom stereocenters. The number of ketones is 2. The molecule has 0 saturated heterocycles. The van der Waals surface area contributed by atoms with Crippen LogP contribution in [-0.4, -0.2) is 40.9 Å². The van der Waals surface area contributed by atoms with Crippen molar-refractivity contribution < 1.29 is 23.9 Å². The van der Waals surface area contributed by atoms with Gasteiger partial charge in [-0.2, -0.15) is 0 Å². The van der Waals surface area contributed by atoms with Crippen LogP contribution in [-0.2, 0) is 9.59 Å². The predicted molar refractivity (Wildman–Crippen MR) is 94.2 cm³/mol. The van der Waals surface area contributed by atoms with Gasteiger partial charge in [0, 0.05) is 19.3 Å². The minimum Gasteiger partial charge on any atom is -0.494 e. The van der Waals surface area contributed by atoms with Crippen LogP contribution in [0.15, 0.2) is 18.2 Å². The van der Waals surface area contributed by atoms with Crippen LogP contribution in [0.25, 0.3) is 0 Å². The Morgan fingerprint density at radius 1 is 1.00 bits per heavy atom. The maximum atomic E-state index is 12.9. The first-order valence-corrected chi connectivity index (χ1v) is 9.22. The summed E-state index contributed by atoms with van der Waals surface area (Å²) in [5.74, 6) is -0.466. The number of benzene rings is 1. The molecule has 1 saturated carbocycles. The summed E-state index contributed by atoms with van der Waals surface area (Å²) in [5.41, 5.74) is 0.556. The Hall–Kier alpha value is -2.50. The Bertz CT molecular complexity index is 755. The summed E-state index contributed by atoms with van der Waals surface area (Å²) >= 11 is 0. The largest absolute Gasteiger partial charge is 0.494 e. The number of hydrogen-bond donors (Lipinski definition) is 0. The van der Waals surface area contributed by atoms with Crippen LogP contribution in [0.5, 0.6) is 5.75 Å². The average molecular weight is 357 g/mol. The van der Waals surface area contributed by atoms with Gasteiger partial charge in [0.15, 0.2) is 5.78 Å². The lowest BCUT2D eigenvalue weighted by Crippen LogP contribution is -2.45. The second-order valence-corrected chi connectivity index (χ2v) is 6.80. The first-order chi connectivity index (χ1) is 12.5. The molecule has 6 heteroatoms. The fraction of sp³-hybridized carbons (Fsp3) is 0.500. The molecular weight excluding hydrogens is 334 g/mol. The Kier molecular flexibility index (Phi) is 5.49. The van der Waals surface area contributed by atoms with E-state index in [0.717, 1.165) is 11.3 Å². The highest BCUT2D eigenvalue weighted by molar-refractivity contribution is 6.23. The van der Waals surface area contributed by atoms with E-state index in [1.54, 1.807) is 18.2 Å². The zero-order valence-electron chi connectivity index (χ0n) is 15.0. The highest BCUT2D eigenvalue weighted by atomic mass is 16.5. The minimum atomic E-state index is -0.857. The monoisotopic (exact) mass is 357 g/mol. The summed E-state index contributed by atoms with van der Waals surface area (Å²) in [6, 6.07) is 3.95. The zero-order valence-corrected chi connectivity index (χ0v) is 15.0. The van der Waals surface area contributed by atoms with E-state index in [2.05, 4.69) is 0 Å². The van der Waals surface area contributed by atoms with Gasteiger partial charge in [-0.3, -0.25) is 24.1 Å². The van der Waals surface area contributed by atoms with E-state index >= 15 is 0 Å². The number of ether oxygens (including phenoxy) is 1. The first-order valence-electron chi connectivity index (χ1n) is 9.22. The molecule has 1 aromatic rings.